The number of aromatic nitrogens is 1. The normalized spacial score (nSPS) is 13.0. The second kappa shape index (κ2) is 3.89. The molecule has 0 aliphatic rings. The molecule has 0 aliphatic carbocycles. The fourth-order valence-electron chi connectivity index (χ4n) is 1.97. The van der Waals surface area contributed by atoms with E-state index in [4.69, 9.17) is 14.6 Å². The number of fused-ring (bicyclic) bond motifs is 1. The molecule has 0 aliphatic heterocycles. The average molecular weight is 244 g/mol. The molecule has 3 N–H and O–H groups in total. The first-order chi connectivity index (χ1) is 8.63. The van der Waals surface area contributed by atoms with Crippen LogP contribution in [0.25, 0.3) is 11.1 Å². The van der Waals surface area contributed by atoms with Gasteiger partial charge in [-0.15, -0.1) is 0 Å². The zero-order valence-electron chi connectivity index (χ0n) is 9.77. The van der Waals surface area contributed by atoms with Gasteiger partial charge in [0.15, 0.2) is 5.58 Å². The van der Waals surface area contributed by atoms with Crippen LogP contribution in [-0.4, -0.2) is 4.98 Å². The Labute approximate surface area is 102 Å². The molecule has 0 spiro atoms. The van der Waals surface area contributed by atoms with Crippen molar-refractivity contribution in [3.63, 3.8) is 0 Å². The van der Waals surface area contributed by atoms with Crippen LogP contribution in [0.1, 0.15) is 22.9 Å². The molecule has 5 heteroatoms. The smallest absolute Gasteiger partial charge is 0.417 e. The van der Waals surface area contributed by atoms with E-state index < -0.39 is 5.76 Å². The van der Waals surface area contributed by atoms with E-state index in [1.165, 1.54) is 0 Å². The van der Waals surface area contributed by atoms with Crippen LogP contribution in [0.2, 0.25) is 0 Å². The van der Waals surface area contributed by atoms with E-state index in [0.29, 0.717) is 11.1 Å². The Bertz CT molecular complexity index is 751. The fourth-order valence-corrected chi connectivity index (χ4v) is 1.97. The van der Waals surface area contributed by atoms with Gasteiger partial charge in [-0.05, 0) is 30.7 Å². The molecule has 0 radical (unpaired) electrons. The lowest BCUT2D eigenvalue weighted by atomic mass is 10.0. The third-order valence-electron chi connectivity index (χ3n) is 2.91. The third-order valence-corrected chi connectivity index (χ3v) is 2.91. The van der Waals surface area contributed by atoms with Gasteiger partial charge in [-0.2, -0.15) is 0 Å². The molecular formula is C13H12N2O3. The number of H-pyrrole nitrogens is 1. The van der Waals surface area contributed by atoms with Gasteiger partial charge in [0.1, 0.15) is 5.76 Å². The van der Waals surface area contributed by atoms with Crippen molar-refractivity contribution in [2.75, 3.05) is 0 Å². The lowest BCUT2D eigenvalue weighted by Gasteiger charge is -2.08. The Balaban J connectivity index is 2.05. The van der Waals surface area contributed by atoms with Gasteiger partial charge in [-0.1, -0.05) is 6.07 Å². The fraction of sp³-hybridized carbons (Fsp3) is 0.154. The monoisotopic (exact) mass is 244 g/mol. The van der Waals surface area contributed by atoms with Crippen LogP contribution >= 0.6 is 0 Å². The molecule has 1 aromatic carbocycles. The van der Waals surface area contributed by atoms with E-state index in [-0.39, 0.29) is 6.04 Å². The van der Waals surface area contributed by atoms with E-state index in [1.54, 1.807) is 18.4 Å². The third kappa shape index (κ3) is 1.74. The van der Waals surface area contributed by atoms with E-state index in [9.17, 15) is 4.79 Å². The minimum atomic E-state index is -0.463. The summed E-state index contributed by atoms with van der Waals surface area (Å²) < 4.78 is 10.2. The summed E-state index contributed by atoms with van der Waals surface area (Å²) in [5, 5.41) is 0. The molecule has 3 aromatic rings. The van der Waals surface area contributed by atoms with Crippen LogP contribution in [0.15, 0.2) is 44.2 Å². The highest BCUT2D eigenvalue weighted by Crippen LogP contribution is 2.23. The van der Waals surface area contributed by atoms with E-state index in [2.05, 4.69) is 4.98 Å². The van der Waals surface area contributed by atoms with Gasteiger partial charge in [-0.25, -0.2) is 4.79 Å². The SMILES string of the molecule is Cc1cc(C(N)c2ccc3[nH]c(=O)oc3c2)co1. The van der Waals surface area contributed by atoms with Gasteiger partial charge in [0.25, 0.3) is 0 Å². The minimum absolute atomic E-state index is 0.299. The minimum Gasteiger partial charge on any atom is -0.469 e. The molecule has 3 rings (SSSR count). The maximum Gasteiger partial charge on any atom is 0.417 e. The molecule has 0 saturated heterocycles. The van der Waals surface area contributed by atoms with Crippen molar-refractivity contribution in [2.24, 2.45) is 5.73 Å². The molecule has 92 valence electrons. The standard InChI is InChI=1S/C13H12N2O3/c1-7-4-9(6-17-7)12(14)8-2-3-10-11(5-8)18-13(16)15-10/h2-6,12H,14H2,1H3,(H,15,16). The van der Waals surface area contributed by atoms with Crippen LogP contribution in [-0.2, 0) is 0 Å². The molecule has 2 heterocycles. The second-order valence-corrected chi connectivity index (χ2v) is 4.24. The average Bonchev–Trinajstić information content (AvgIpc) is 2.92. The number of aromatic amines is 1. The number of oxazole rings is 1. The van der Waals surface area contributed by atoms with Crippen molar-refractivity contribution in [3.05, 3.63) is 58.0 Å². The lowest BCUT2D eigenvalue weighted by Crippen LogP contribution is -2.10. The van der Waals surface area contributed by atoms with Gasteiger partial charge >= 0.3 is 5.76 Å². The number of rotatable bonds is 2. The van der Waals surface area contributed by atoms with Crippen molar-refractivity contribution >= 4 is 11.1 Å². The summed E-state index contributed by atoms with van der Waals surface area (Å²) in [6.45, 7) is 1.87. The Morgan fingerprint density at radius 1 is 1.28 bits per heavy atom. The highest BCUT2D eigenvalue weighted by atomic mass is 16.4. The largest absolute Gasteiger partial charge is 0.469 e. The first-order valence-electron chi connectivity index (χ1n) is 5.57. The number of benzene rings is 1. The Morgan fingerprint density at radius 2 is 2.11 bits per heavy atom. The molecule has 2 aromatic heterocycles. The number of nitrogens with two attached hydrogens (primary N) is 1. The molecule has 0 fully saturated rings. The molecule has 0 amide bonds. The number of nitrogens with one attached hydrogen (secondary N) is 1. The molecule has 18 heavy (non-hydrogen) atoms. The first-order valence-corrected chi connectivity index (χ1v) is 5.57. The Morgan fingerprint density at radius 3 is 2.83 bits per heavy atom. The first kappa shape index (κ1) is 10.9. The summed E-state index contributed by atoms with van der Waals surface area (Å²) in [6, 6.07) is 7.00. The lowest BCUT2D eigenvalue weighted by molar-refractivity contribution is 0.530. The highest BCUT2D eigenvalue weighted by Gasteiger charge is 2.13. The number of furan rings is 1. The zero-order valence-corrected chi connectivity index (χ0v) is 9.77. The summed E-state index contributed by atoms with van der Waals surface area (Å²) in [4.78, 5) is 13.7. The molecule has 1 unspecified atom stereocenters. The number of hydrogen-bond acceptors (Lipinski definition) is 4. The molecular weight excluding hydrogens is 232 g/mol. The van der Waals surface area contributed by atoms with Crippen LogP contribution in [0.5, 0.6) is 0 Å². The summed E-state index contributed by atoms with van der Waals surface area (Å²) in [6.07, 6.45) is 1.64. The van der Waals surface area contributed by atoms with Crippen molar-refractivity contribution < 1.29 is 8.83 Å². The van der Waals surface area contributed by atoms with Crippen molar-refractivity contribution in [1.29, 1.82) is 0 Å². The molecule has 0 saturated carbocycles. The second-order valence-electron chi connectivity index (χ2n) is 4.24. The van der Waals surface area contributed by atoms with Gasteiger partial charge in [0.2, 0.25) is 0 Å². The number of hydrogen-bond donors (Lipinski definition) is 2. The van der Waals surface area contributed by atoms with Crippen molar-refractivity contribution in [3.8, 4) is 0 Å². The molecule has 5 nitrogen and oxygen atoms in total. The van der Waals surface area contributed by atoms with E-state index >= 15 is 0 Å². The van der Waals surface area contributed by atoms with E-state index in [1.807, 2.05) is 19.1 Å². The zero-order chi connectivity index (χ0) is 12.7. The number of aryl methyl sites for hydroxylation is 1. The maximum absolute atomic E-state index is 11.1. The van der Waals surface area contributed by atoms with Gasteiger partial charge in [0.05, 0.1) is 17.8 Å². The van der Waals surface area contributed by atoms with Crippen LogP contribution < -0.4 is 11.5 Å². The summed E-state index contributed by atoms with van der Waals surface area (Å²) in [5.41, 5.74) is 9.07. The molecule has 0 bridgehead atoms. The van der Waals surface area contributed by atoms with Crippen LogP contribution in [0, 0.1) is 6.92 Å². The summed E-state index contributed by atoms with van der Waals surface area (Å²) in [5.74, 6) is 0.351. The summed E-state index contributed by atoms with van der Waals surface area (Å²) in [7, 11) is 0. The predicted octanol–water partition coefficient (Wildman–Crippen LogP) is 2.07. The van der Waals surface area contributed by atoms with Crippen LogP contribution in [0.3, 0.4) is 0 Å². The molecule has 1 atom stereocenters. The Hall–Kier alpha value is -2.27. The van der Waals surface area contributed by atoms with Gasteiger partial charge < -0.3 is 14.6 Å². The van der Waals surface area contributed by atoms with Crippen molar-refractivity contribution in [1.82, 2.24) is 4.98 Å². The van der Waals surface area contributed by atoms with E-state index in [0.717, 1.165) is 16.9 Å². The summed E-state index contributed by atoms with van der Waals surface area (Å²) >= 11 is 0. The van der Waals surface area contributed by atoms with Gasteiger partial charge in [0, 0.05) is 5.56 Å². The van der Waals surface area contributed by atoms with Crippen molar-refractivity contribution in [2.45, 2.75) is 13.0 Å². The van der Waals surface area contributed by atoms with Gasteiger partial charge in [-0.3, -0.25) is 4.98 Å². The Kier molecular flexibility index (Phi) is 2.34. The highest BCUT2D eigenvalue weighted by molar-refractivity contribution is 5.73. The quantitative estimate of drug-likeness (QED) is 0.722. The van der Waals surface area contributed by atoms with Crippen LogP contribution in [0.4, 0.5) is 0 Å². The predicted molar refractivity (Wildman–Crippen MR) is 66.3 cm³/mol. The topological polar surface area (TPSA) is 85.2 Å². The maximum atomic E-state index is 11.1.